The Labute approximate surface area is 127 Å². The van der Waals surface area contributed by atoms with E-state index in [2.05, 4.69) is 68.4 Å². The van der Waals surface area contributed by atoms with Gasteiger partial charge in [-0.25, -0.2) is 0 Å². The summed E-state index contributed by atoms with van der Waals surface area (Å²) in [7, 11) is 0. The largest absolute Gasteiger partial charge is 1.00 e. The Kier molecular flexibility index (Phi) is 4.25. The van der Waals surface area contributed by atoms with Gasteiger partial charge in [-0.2, -0.15) is 6.07 Å². The zero-order valence-electron chi connectivity index (χ0n) is 11.9. The van der Waals surface area contributed by atoms with Crippen LogP contribution in [0.25, 0.3) is 21.9 Å². The molecule has 0 heterocycles. The van der Waals surface area contributed by atoms with Gasteiger partial charge in [-0.1, -0.05) is 54.4 Å². The van der Waals surface area contributed by atoms with Gasteiger partial charge in [0.25, 0.3) is 0 Å². The molecule has 0 radical (unpaired) electrons. The molecule has 19 heavy (non-hydrogen) atoms. The van der Waals surface area contributed by atoms with Crippen LogP contribution in [0.2, 0.25) is 0 Å². The standard InChI is InChI=1S/C18H17.Li/c1-3-14-11-16-9-13(2)10-17(18(16)12-14)15-7-5-4-6-8-15;/h4-12H,3H2,1-2H3;/q-1;+1. The van der Waals surface area contributed by atoms with Crippen LogP contribution in [0.4, 0.5) is 0 Å². The van der Waals surface area contributed by atoms with Gasteiger partial charge in [0.1, 0.15) is 0 Å². The number of aryl methyl sites for hydroxylation is 2. The zero-order valence-corrected chi connectivity index (χ0v) is 11.9. The zero-order chi connectivity index (χ0) is 12.5. The maximum atomic E-state index is 2.33. The summed E-state index contributed by atoms with van der Waals surface area (Å²) >= 11 is 0. The fourth-order valence-electron chi connectivity index (χ4n) is 2.59. The SMILES string of the molecule is CCc1cc2c(-c3ccccc3)cc(C)cc2[cH-]1.[Li+]. The second-order valence-corrected chi connectivity index (χ2v) is 4.90. The summed E-state index contributed by atoms with van der Waals surface area (Å²) in [5.74, 6) is 0. The van der Waals surface area contributed by atoms with Crippen molar-refractivity contribution in [2.75, 3.05) is 0 Å². The summed E-state index contributed by atoms with van der Waals surface area (Å²) in [6, 6.07) is 19.9. The Morgan fingerprint density at radius 2 is 1.74 bits per heavy atom. The van der Waals surface area contributed by atoms with E-state index in [1.165, 1.54) is 33.0 Å². The Bertz CT molecular complexity index is 677. The average molecular weight is 240 g/mol. The first-order chi connectivity index (χ1) is 8.78. The Morgan fingerprint density at radius 3 is 2.42 bits per heavy atom. The maximum Gasteiger partial charge on any atom is 1.00 e. The summed E-state index contributed by atoms with van der Waals surface area (Å²) in [6.07, 6.45) is 1.10. The molecule has 90 valence electrons. The van der Waals surface area contributed by atoms with Gasteiger partial charge in [0.2, 0.25) is 0 Å². The molecule has 0 saturated heterocycles. The first kappa shape index (κ1) is 14.1. The van der Waals surface area contributed by atoms with Crippen molar-refractivity contribution in [2.24, 2.45) is 0 Å². The van der Waals surface area contributed by atoms with Gasteiger partial charge in [-0.05, 0) is 18.9 Å². The minimum atomic E-state index is 0. The van der Waals surface area contributed by atoms with Crippen molar-refractivity contribution in [1.82, 2.24) is 0 Å². The summed E-state index contributed by atoms with van der Waals surface area (Å²) in [6.45, 7) is 4.38. The predicted octanol–water partition coefficient (Wildman–Crippen LogP) is 2.10. The Hall–Kier alpha value is -1.35. The fraction of sp³-hybridized carbons (Fsp3) is 0.167. The number of hydrogen-bond donors (Lipinski definition) is 0. The van der Waals surface area contributed by atoms with Crippen LogP contribution < -0.4 is 18.9 Å². The molecule has 0 aliphatic rings. The molecule has 0 unspecified atom stereocenters. The molecule has 0 N–H and O–H groups in total. The van der Waals surface area contributed by atoms with Crippen molar-refractivity contribution in [2.45, 2.75) is 20.3 Å². The number of hydrogen-bond acceptors (Lipinski definition) is 0. The summed E-state index contributed by atoms with van der Waals surface area (Å²) in [4.78, 5) is 0. The molecule has 0 saturated carbocycles. The van der Waals surface area contributed by atoms with Gasteiger partial charge in [0.05, 0.1) is 0 Å². The molecular formula is C18H17Li. The van der Waals surface area contributed by atoms with Crippen molar-refractivity contribution in [3.8, 4) is 11.1 Å². The molecule has 0 atom stereocenters. The molecule has 3 rings (SSSR count). The van der Waals surface area contributed by atoms with E-state index in [1.807, 2.05) is 0 Å². The van der Waals surface area contributed by atoms with E-state index in [0.717, 1.165) is 6.42 Å². The first-order valence-corrected chi connectivity index (χ1v) is 6.53. The minimum absolute atomic E-state index is 0. The smallest absolute Gasteiger partial charge is 0.164 e. The third-order valence-corrected chi connectivity index (χ3v) is 3.52. The summed E-state index contributed by atoms with van der Waals surface area (Å²) in [5.41, 5.74) is 5.41. The monoisotopic (exact) mass is 240 g/mol. The molecule has 0 spiro atoms. The van der Waals surface area contributed by atoms with Crippen LogP contribution in [0.3, 0.4) is 0 Å². The van der Waals surface area contributed by atoms with Crippen molar-refractivity contribution in [3.63, 3.8) is 0 Å². The van der Waals surface area contributed by atoms with E-state index >= 15 is 0 Å². The molecule has 0 fully saturated rings. The van der Waals surface area contributed by atoms with Crippen LogP contribution in [0.1, 0.15) is 18.1 Å². The number of rotatable bonds is 2. The molecule has 1 heteroatoms. The van der Waals surface area contributed by atoms with Gasteiger partial charge in [0, 0.05) is 0 Å². The van der Waals surface area contributed by atoms with Crippen molar-refractivity contribution in [1.29, 1.82) is 0 Å². The van der Waals surface area contributed by atoms with Crippen LogP contribution in [-0.4, -0.2) is 0 Å². The van der Waals surface area contributed by atoms with Crippen LogP contribution in [0.15, 0.2) is 54.6 Å². The Morgan fingerprint density at radius 1 is 1.00 bits per heavy atom. The van der Waals surface area contributed by atoms with Crippen LogP contribution in [0, 0.1) is 6.92 Å². The van der Waals surface area contributed by atoms with E-state index < -0.39 is 0 Å². The van der Waals surface area contributed by atoms with Crippen LogP contribution in [-0.2, 0) is 6.42 Å². The van der Waals surface area contributed by atoms with Crippen LogP contribution >= 0.6 is 0 Å². The number of fused-ring (bicyclic) bond motifs is 1. The van der Waals surface area contributed by atoms with Crippen molar-refractivity contribution in [3.05, 3.63) is 65.7 Å². The second-order valence-electron chi connectivity index (χ2n) is 4.90. The van der Waals surface area contributed by atoms with E-state index in [0.29, 0.717) is 0 Å². The molecule has 3 aromatic carbocycles. The Balaban J connectivity index is 0.00000133. The molecule has 0 nitrogen and oxygen atoms in total. The van der Waals surface area contributed by atoms with Crippen molar-refractivity contribution >= 4 is 10.8 Å². The summed E-state index contributed by atoms with van der Waals surface area (Å²) in [5, 5.41) is 2.74. The molecule has 0 aliphatic heterocycles. The predicted molar refractivity (Wildman–Crippen MR) is 79.1 cm³/mol. The molecular weight excluding hydrogens is 223 g/mol. The van der Waals surface area contributed by atoms with E-state index in [1.54, 1.807) is 0 Å². The summed E-state index contributed by atoms with van der Waals surface area (Å²) < 4.78 is 0. The molecule has 0 aliphatic carbocycles. The van der Waals surface area contributed by atoms with Crippen LogP contribution in [0.5, 0.6) is 0 Å². The molecule has 0 aromatic heterocycles. The molecule has 3 aromatic rings. The second kappa shape index (κ2) is 5.74. The fourth-order valence-corrected chi connectivity index (χ4v) is 2.59. The minimum Gasteiger partial charge on any atom is -0.164 e. The van der Waals surface area contributed by atoms with Gasteiger partial charge in [-0.15, -0.1) is 28.5 Å². The van der Waals surface area contributed by atoms with E-state index in [9.17, 15) is 0 Å². The number of benzene rings is 2. The quantitative estimate of drug-likeness (QED) is 0.475. The average Bonchev–Trinajstić information content (AvgIpc) is 2.81. The first-order valence-electron chi connectivity index (χ1n) is 6.53. The third kappa shape index (κ3) is 2.66. The third-order valence-electron chi connectivity index (χ3n) is 3.52. The topological polar surface area (TPSA) is 0 Å². The van der Waals surface area contributed by atoms with E-state index in [-0.39, 0.29) is 18.9 Å². The van der Waals surface area contributed by atoms with Crippen molar-refractivity contribution < 1.29 is 18.9 Å². The van der Waals surface area contributed by atoms with Gasteiger partial charge >= 0.3 is 18.9 Å². The maximum absolute atomic E-state index is 2.33. The van der Waals surface area contributed by atoms with Gasteiger partial charge in [0.15, 0.2) is 0 Å². The molecule has 0 amide bonds. The van der Waals surface area contributed by atoms with E-state index in [4.69, 9.17) is 0 Å². The van der Waals surface area contributed by atoms with Gasteiger partial charge < -0.3 is 0 Å². The normalized spacial score (nSPS) is 10.4. The molecule has 0 bridgehead atoms. The van der Waals surface area contributed by atoms with Gasteiger partial charge in [-0.3, -0.25) is 0 Å².